The number of nitrogens with two attached hydrogens (primary N) is 1. The molecule has 1 aromatic carbocycles. The Hall–Kier alpha value is -2.17. The average Bonchev–Trinajstić information content (AvgIpc) is 3.18. The summed E-state index contributed by atoms with van der Waals surface area (Å²) in [5.41, 5.74) is 6.83. The Bertz CT molecular complexity index is 966. The standard InChI is InChI=1S/C19H26N4O4S2/c1-3-22-29(25,26)17-10-13(20)6-9-15(17)16-11-21-18(28-16)12-4-7-14(8-5-12)23-19(24)27-2/h6,9-12,14,22H,3-5,7-8,20H2,1-2H3,(H,23,24). The first kappa shape index (κ1) is 21.5. The number of amides is 1. The predicted molar refractivity (Wildman–Crippen MR) is 113 cm³/mol. The van der Waals surface area contributed by atoms with Gasteiger partial charge in [-0.05, 0) is 37.8 Å². The maximum Gasteiger partial charge on any atom is 0.407 e. The summed E-state index contributed by atoms with van der Waals surface area (Å²) < 4.78 is 32.4. The SMILES string of the molecule is CCNS(=O)(=O)c1cc(N)ccc1-c1cnc(C2CCC(NC(=O)OC)CC2)s1. The van der Waals surface area contributed by atoms with Crippen molar-refractivity contribution in [1.29, 1.82) is 0 Å². The minimum Gasteiger partial charge on any atom is -0.453 e. The number of hydrogen-bond acceptors (Lipinski definition) is 7. The number of benzene rings is 1. The van der Waals surface area contributed by atoms with Crippen molar-refractivity contribution in [2.24, 2.45) is 0 Å². The second-order valence-corrected chi connectivity index (χ2v) is 9.80. The summed E-state index contributed by atoms with van der Waals surface area (Å²) in [6.45, 7) is 2.03. The van der Waals surface area contributed by atoms with E-state index in [0.29, 0.717) is 23.7 Å². The fourth-order valence-corrected chi connectivity index (χ4v) is 6.03. The molecular weight excluding hydrogens is 412 g/mol. The van der Waals surface area contributed by atoms with Gasteiger partial charge in [-0.25, -0.2) is 22.9 Å². The summed E-state index contributed by atoms with van der Waals surface area (Å²) in [7, 11) is -2.29. The summed E-state index contributed by atoms with van der Waals surface area (Å²) in [4.78, 5) is 16.9. The van der Waals surface area contributed by atoms with Crippen LogP contribution in [0.5, 0.6) is 0 Å². The number of nitrogen functional groups attached to an aromatic ring is 1. The Morgan fingerprint density at radius 2 is 2.03 bits per heavy atom. The van der Waals surface area contributed by atoms with Crippen molar-refractivity contribution in [3.8, 4) is 10.4 Å². The highest BCUT2D eigenvalue weighted by Gasteiger charge is 2.27. The lowest BCUT2D eigenvalue weighted by Crippen LogP contribution is -2.37. The normalized spacial score (nSPS) is 19.7. The minimum atomic E-state index is -3.65. The van der Waals surface area contributed by atoms with Gasteiger partial charge >= 0.3 is 6.09 Å². The number of hydrogen-bond donors (Lipinski definition) is 3. The van der Waals surface area contributed by atoms with E-state index < -0.39 is 16.1 Å². The maximum atomic E-state index is 12.6. The summed E-state index contributed by atoms with van der Waals surface area (Å²) in [6.07, 6.45) is 4.86. The largest absolute Gasteiger partial charge is 0.453 e. The van der Waals surface area contributed by atoms with E-state index in [1.807, 2.05) is 0 Å². The van der Waals surface area contributed by atoms with Crippen LogP contribution in [0.25, 0.3) is 10.4 Å². The van der Waals surface area contributed by atoms with Gasteiger partial charge < -0.3 is 15.8 Å². The molecule has 1 aromatic heterocycles. The number of thiazole rings is 1. The molecule has 0 spiro atoms. The predicted octanol–water partition coefficient (Wildman–Crippen LogP) is 3.07. The third kappa shape index (κ3) is 5.06. The third-order valence-electron chi connectivity index (χ3n) is 5.00. The molecule has 0 unspecified atom stereocenters. The van der Waals surface area contributed by atoms with Crippen LogP contribution < -0.4 is 15.8 Å². The van der Waals surface area contributed by atoms with Crippen LogP contribution in [0, 0.1) is 0 Å². The van der Waals surface area contributed by atoms with Crippen LogP contribution in [-0.4, -0.2) is 39.2 Å². The molecule has 3 rings (SSSR count). The fourth-order valence-electron chi connectivity index (χ4n) is 3.54. The number of ether oxygens (including phenoxy) is 1. The van der Waals surface area contributed by atoms with E-state index in [1.54, 1.807) is 25.3 Å². The van der Waals surface area contributed by atoms with Gasteiger partial charge in [0.25, 0.3) is 0 Å². The Morgan fingerprint density at radius 3 is 2.69 bits per heavy atom. The van der Waals surface area contributed by atoms with E-state index in [1.165, 1.54) is 24.5 Å². The van der Waals surface area contributed by atoms with E-state index in [2.05, 4.69) is 19.8 Å². The van der Waals surface area contributed by atoms with Crippen LogP contribution >= 0.6 is 11.3 Å². The highest BCUT2D eigenvalue weighted by molar-refractivity contribution is 7.89. The molecule has 1 heterocycles. The van der Waals surface area contributed by atoms with Crippen molar-refractivity contribution in [1.82, 2.24) is 15.0 Å². The van der Waals surface area contributed by atoms with Gasteiger partial charge in [-0.15, -0.1) is 11.3 Å². The Kier molecular flexibility index (Phi) is 6.76. The number of nitrogens with zero attached hydrogens (tertiary/aromatic N) is 1. The van der Waals surface area contributed by atoms with Crippen LogP contribution in [0.4, 0.5) is 10.5 Å². The quantitative estimate of drug-likeness (QED) is 0.596. The monoisotopic (exact) mass is 438 g/mol. The van der Waals surface area contributed by atoms with Gasteiger partial charge in [-0.1, -0.05) is 13.0 Å². The van der Waals surface area contributed by atoms with Gasteiger partial charge in [-0.2, -0.15) is 0 Å². The zero-order chi connectivity index (χ0) is 21.0. The first-order chi connectivity index (χ1) is 13.8. The lowest BCUT2D eigenvalue weighted by molar-refractivity contribution is 0.162. The van der Waals surface area contributed by atoms with Gasteiger partial charge in [0.1, 0.15) is 0 Å². The average molecular weight is 439 g/mol. The lowest BCUT2D eigenvalue weighted by Gasteiger charge is -2.27. The first-order valence-corrected chi connectivity index (χ1v) is 11.8. The molecule has 2 aromatic rings. The van der Waals surface area contributed by atoms with Gasteiger partial charge in [0.15, 0.2) is 0 Å². The molecule has 1 amide bonds. The molecule has 1 fully saturated rings. The number of carbonyl (C=O) groups is 1. The molecule has 0 aliphatic heterocycles. The molecule has 10 heteroatoms. The lowest BCUT2D eigenvalue weighted by atomic mass is 9.86. The highest BCUT2D eigenvalue weighted by atomic mass is 32.2. The van der Waals surface area contributed by atoms with Crippen molar-refractivity contribution in [3.63, 3.8) is 0 Å². The summed E-state index contributed by atoms with van der Waals surface area (Å²) in [5, 5.41) is 3.84. The molecular formula is C19H26N4O4S2. The van der Waals surface area contributed by atoms with Gasteiger partial charge in [0.05, 0.1) is 21.9 Å². The molecule has 1 saturated carbocycles. The Labute approximate surface area is 174 Å². The Balaban J connectivity index is 1.79. The second kappa shape index (κ2) is 9.10. The van der Waals surface area contributed by atoms with Crippen molar-refractivity contribution >= 4 is 33.1 Å². The number of anilines is 1. The fraction of sp³-hybridized carbons (Fsp3) is 0.474. The van der Waals surface area contributed by atoms with E-state index >= 15 is 0 Å². The third-order valence-corrected chi connectivity index (χ3v) is 7.78. The summed E-state index contributed by atoms with van der Waals surface area (Å²) in [6, 6.07) is 5.03. The number of rotatable bonds is 6. The number of methoxy groups -OCH3 is 1. The van der Waals surface area contributed by atoms with Gasteiger partial charge in [-0.3, -0.25) is 0 Å². The number of sulfonamides is 1. The number of nitrogens with one attached hydrogen (secondary N) is 2. The van der Waals surface area contributed by atoms with Crippen molar-refractivity contribution in [2.45, 2.75) is 49.5 Å². The Morgan fingerprint density at radius 1 is 1.31 bits per heavy atom. The van der Waals surface area contributed by atoms with Crippen molar-refractivity contribution in [3.05, 3.63) is 29.4 Å². The molecule has 0 atom stereocenters. The van der Waals surface area contributed by atoms with Crippen LogP contribution in [0.1, 0.15) is 43.5 Å². The zero-order valence-corrected chi connectivity index (χ0v) is 18.1. The van der Waals surface area contributed by atoms with Crippen LogP contribution in [0.3, 0.4) is 0 Å². The van der Waals surface area contributed by atoms with Gasteiger partial charge in [0.2, 0.25) is 10.0 Å². The minimum absolute atomic E-state index is 0.118. The molecule has 29 heavy (non-hydrogen) atoms. The zero-order valence-electron chi connectivity index (χ0n) is 16.5. The van der Waals surface area contributed by atoms with Crippen molar-refractivity contribution < 1.29 is 17.9 Å². The molecule has 158 valence electrons. The summed E-state index contributed by atoms with van der Waals surface area (Å²) in [5.74, 6) is 0.298. The number of alkyl carbamates (subject to hydrolysis) is 1. The molecule has 0 bridgehead atoms. The topological polar surface area (TPSA) is 123 Å². The highest BCUT2D eigenvalue weighted by Crippen LogP contribution is 2.39. The van der Waals surface area contributed by atoms with Crippen LogP contribution in [0.2, 0.25) is 0 Å². The van der Waals surface area contributed by atoms with E-state index in [-0.39, 0.29) is 10.9 Å². The van der Waals surface area contributed by atoms with E-state index in [0.717, 1.165) is 35.6 Å². The molecule has 0 radical (unpaired) electrons. The van der Waals surface area contributed by atoms with E-state index in [4.69, 9.17) is 5.73 Å². The molecule has 1 aliphatic carbocycles. The number of carbonyl (C=O) groups excluding carboxylic acids is 1. The maximum absolute atomic E-state index is 12.6. The molecule has 8 nitrogen and oxygen atoms in total. The van der Waals surface area contributed by atoms with Crippen molar-refractivity contribution in [2.75, 3.05) is 19.4 Å². The second-order valence-electron chi connectivity index (χ2n) is 7.00. The smallest absolute Gasteiger partial charge is 0.407 e. The molecule has 0 saturated heterocycles. The van der Waals surface area contributed by atoms with Gasteiger partial charge in [0, 0.05) is 36.0 Å². The molecule has 4 N–H and O–H groups in total. The summed E-state index contributed by atoms with van der Waals surface area (Å²) >= 11 is 1.51. The molecule has 1 aliphatic rings. The number of aromatic nitrogens is 1. The van der Waals surface area contributed by atoms with Crippen LogP contribution in [0.15, 0.2) is 29.3 Å². The van der Waals surface area contributed by atoms with Crippen LogP contribution in [-0.2, 0) is 14.8 Å². The first-order valence-electron chi connectivity index (χ1n) is 9.53. The van der Waals surface area contributed by atoms with E-state index in [9.17, 15) is 13.2 Å².